The van der Waals surface area contributed by atoms with E-state index in [1.165, 1.54) is 0 Å². The second-order valence-electron chi connectivity index (χ2n) is 4.82. The van der Waals surface area contributed by atoms with E-state index in [4.69, 9.17) is 0 Å². The molecule has 0 aliphatic carbocycles. The third kappa shape index (κ3) is 3.53. The van der Waals surface area contributed by atoms with Crippen molar-refractivity contribution in [3.05, 3.63) is 15.9 Å². The van der Waals surface area contributed by atoms with Crippen LogP contribution in [0.25, 0.3) is 0 Å². The molecule has 108 valence electrons. The topological polar surface area (TPSA) is 55.1 Å². The maximum Gasteiger partial charge on any atom is 0.261 e. The summed E-state index contributed by atoms with van der Waals surface area (Å²) in [6, 6.07) is 0.0949. The summed E-state index contributed by atoms with van der Waals surface area (Å²) in [6.07, 6.45) is 2.36. The first-order chi connectivity index (χ1) is 8.96. The number of thioether (sulfide) groups is 1. The van der Waals surface area contributed by atoms with Gasteiger partial charge in [-0.3, -0.25) is 9.36 Å². The highest BCUT2D eigenvalue weighted by molar-refractivity contribution is 7.99. The van der Waals surface area contributed by atoms with E-state index in [0.29, 0.717) is 22.4 Å². The highest BCUT2D eigenvalue weighted by Crippen LogP contribution is 2.27. The molecule has 1 N–H and O–H groups in total. The molecule has 1 aromatic heterocycles. The zero-order chi connectivity index (χ0) is 14.6. The van der Waals surface area contributed by atoms with Gasteiger partial charge in [-0.1, -0.05) is 39.5 Å². The molecule has 1 heterocycles. The van der Waals surface area contributed by atoms with Gasteiger partial charge in [0.25, 0.3) is 5.56 Å². The van der Waals surface area contributed by atoms with Crippen LogP contribution >= 0.6 is 11.8 Å². The van der Waals surface area contributed by atoms with Crippen molar-refractivity contribution < 1.29 is 5.11 Å². The van der Waals surface area contributed by atoms with E-state index in [1.54, 1.807) is 16.3 Å². The number of hydrogen-bond acceptors (Lipinski definition) is 4. The van der Waals surface area contributed by atoms with Crippen molar-refractivity contribution in [3.8, 4) is 5.88 Å². The van der Waals surface area contributed by atoms with Gasteiger partial charge in [0.15, 0.2) is 5.16 Å². The van der Waals surface area contributed by atoms with Crippen molar-refractivity contribution in [3.63, 3.8) is 0 Å². The van der Waals surface area contributed by atoms with Crippen LogP contribution < -0.4 is 5.56 Å². The Kier molecular flexibility index (Phi) is 5.91. The van der Waals surface area contributed by atoms with Gasteiger partial charge in [-0.2, -0.15) is 4.98 Å². The second-order valence-corrected chi connectivity index (χ2v) is 6.22. The first-order valence-electron chi connectivity index (χ1n) is 6.97. The molecule has 2 atom stereocenters. The summed E-state index contributed by atoms with van der Waals surface area (Å²) >= 11 is 1.55. The summed E-state index contributed by atoms with van der Waals surface area (Å²) in [5.41, 5.74) is 0.309. The van der Waals surface area contributed by atoms with Crippen LogP contribution in [0.1, 0.15) is 59.1 Å². The van der Waals surface area contributed by atoms with Gasteiger partial charge in [0.1, 0.15) is 0 Å². The molecule has 0 spiro atoms. The van der Waals surface area contributed by atoms with Gasteiger partial charge in [0, 0.05) is 11.3 Å². The minimum absolute atomic E-state index is 0.0949. The van der Waals surface area contributed by atoms with Crippen LogP contribution in [0.2, 0.25) is 0 Å². The predicted molar refractivity (Wildman–Crippen MR) is 80.2 cm³/mol. The van der Waals surface area contributed by atoms with Gasteiger partial charge < -0.3 is 5.11 Å². The summed E-state index contributed by atoms with van der Waals surface area (Å²) in [6.45, 7) is 10.1. The van der Waals surface area contributed by atoms with Crippen LogP contribution in [0, 0.1) is 0 Å². The predicted octanol–water partition coefficient (Wildman–Crippen LogP) is 3.37. The quantitative estimate of drug-likeness (QED) is 0.643. The molecule has 5 heteroatoms. The Morgan fingerprint density at radius 3 is 2.37 bits per heavy atom. The first-order valence-corrected chi connectivity index (χ1v) is 7.85. The van der Waals surface area contributed by atoms with E-state index < -0.39 is 0 Å². The average molecular weight is 284 g/mol. The smallest absolute Gasteiger partial charge is 0.261 e. The Balaban J connectivity index is 3.40. The summed E-state index contributed by atoms with van der Waals surface area (Å²) < 4.78 is 1.73. The Morgan fingerprint density at radius 1 is 1.26 bits per heavy atom. The molecule has 0 radical (unpaired) electrons. The lowest BCUT2D eigenvalue weighted by molar-refractivity contribution is 0.402. The van der Waals surface area contributed by atoms with E-state index >= 15 is 0 Å². The maximum atomic E-state index is 12.5. The fourth-order valence-electron chi connectivity index (χ4n) is 1.77. The minimum Gasteiger partial charge on any atom is -0.493 e. The summed E-state index contributed by atoms with van der Waals surface area (Å²) in [7, 11) is 0. The van der Waals surface area contributed by atoms with E-state index in [0.717, 1.165) is 12.8 Å². The molecule has 0 amide bonds. The van der Waals surface area contributed by atoms with Crippen molar-refractivity contribution in [2.75, 3.05) is 0 Å². The lowest BCUT2D eigenvalue weighted by atomic mass is 10.2. The zero-order valence-corrected chi connectivity index (χ0v) is 13.3. The maximum absolute atomic E-state index is 12.5. The number of rotatable bonds is 6. The zero-order valence-electron chi connectivity index (χ0n) is 12.4. The third-order valence-electron chi connectivity index (χ3n) is 3.42. The molecule has 0 saturated heterocycles. The van der Waals surface area contributed by atoms with Crippen molar-refractivity contribution in [1.29, 1.82) is 0 Å². The highest BCUT2D eigenvalue weighted by Gasteiger charge is 2.19. The standard InChI is InChI=1S/C14H24N2O2S/c1-6-9(4)16-13(18)11(8-3)12(17)15-14(16)19-10(5)7-2/h9-10,17H,6-8H2,1-5H3. The summed E-state index contributed by atoms with van der Waals surface area (Å²) in [5, 5.41) is 10.9. The fourth-order valence-corrected chi connectivity index (χ4v) is 2.81. The van der Waals surface area contributed by atoms with E-state index in [9.17, 15) is 9.90 Å². The van der Waals surface area contributed by atoms with E-state index in [-0.39, 0.29) is 17.5 Å². The lowest BCUT2D eigenvalue weighted by Gasteiger charge is -2.20. The fraction of sp³-hybridized carbons (Fsp3) is 0.714. The van der Waals surface area contributed by atoms with E-state index in [1.807, 2.05) is 20.8 Å². The molecule has 0 aliphatic rings. The van der Waals surface area contributed by atoms with Crippen molar-refractivity contribution in [2.45, 2.75) is 70.3 Å². The molecule has 0 bridgehead atoms. The molecular formula is C14H24N2O2S. The molecule has 19 heavy (non-hydrogen) atoms. The minimum atomic E-state index is -0.113. The lowest BCUT2D eigenvalue weighted by Crippen LogP contribution is -2.29. The summed E-state index contributed by atoms with van der Waals surface area (Å²) in [5.74, 6) is -0.113. The van der Waals surface area contributed by atoms with Gasteiger partial charge in [-0.25, -0.2) is 0 Å². The van der Waals surface area contributed by atoms with Crippen molar-refractivity contribution in [1.82, 2.24) is 9.55 Å². The monoisotopic (exact) mass is 284 g/mol. The number of aromatic hydroxyl groups is 1. The van der Waals surface area contributed by atoms with Gasteiger partial charge in [0.2, 0.25) is 5.88 Å². The molecule has 0 saturated carbocycles. The number of hydrogen-bond donors (Lipinski definition) is 1. The van der Waals surface area contributed by atoms with Gasteiger partial charge in [0.05, 0.1) is 5.56 Å². The highest BCUT2D eigenvalue weighted by atomic mass is 32.2. The van der Waals surface area contributed by atoms with Crippen LogP contribution in [0.15, 0.2) is 9.95 Å². The molecule has 1 aromatic rings. The van der Waals surface area contributed by atoms with Gasteiger partial charge >= 0.3 is 0 Å². The molecular weight excluding hydrogens is 260 g/mol. The van der Waals surface area contributed by atoms with Crippen LogP contribution in [-0.2, 0) is 6.42 Å². The average Bonchev–Trinajstić information content (AvgIpc) is 2.38. The largest absolute Gasteiger partial charge is 0.493 e. The third-order valence-corrected chi connectivity index (χ3v) is 4.66. The Bertz CT molecular complexity index is 485. The van der Waals surface area contributed by atoms with Crippen LogP contribution in [-0.4, -0.2) is 19.9 Å². The molecule has 2 unspecified atom stereocenters. The van der Waals surface area contributed by atoms with Gasteiger partial charge in [-0.15, -0.1) is 0 Å². The molecule has 1 rings (SSSR count). The van der Waals surface area contributed by atoms with Crippen molar-refractivity contribution >= 4 is 11.8 Å². The second kappa shape index (κ2) is 6.98. The Labute approximate surface area is 119 Å². The Morgan fingerprint density at radius 2 is 1.89 bits per heavy atom. The SMILES string of the molecule is CCc1c(O)nc(SC(C)CC)n(C(C)CC)c1=O. The van der Waals surface area contributed by atoms with Gasteiger partial charge in [-0.05, 0) is 26.2 Å². The molecule has 0 aliphatic heterocycles. The van der Waals surface area contributed by atoms with Crippen LogP contribution in [0.3, 0.4) is 0 Å². The molecule has 0 aromatic carbocycles. The summed E-state index contributed by atoms with van der Waals surface area (Å²) in [4.78, 5) is 16.7. The van der Waals surface area contributed by atoms with Crippen LogP contribution in [0.5, 0.6) is 5.88 Å². The molecule has 0 fully saturated rings. The number of aromatic nitrogens is 2. The Hall–Kier alpha value is -0.970. The number of nitrogens with zero attached hydrogens (tertiary/aromatic N) is 2. The van der Waals surface area contributed by atoms with Crippen LogP contribution in [0.4, 0.5) is 0 Å². The van der Waals surface area contributed by atoms with E-state index in [2.05, 4.69) is 18.8 Å². The first kappa shape index (κ1) is 16.1. The normalized spacial score (nSPS) is 14.4. The molecule has 4 nitrogen and oxygen atoms in total. The van der Waals surface area contributed by atoms with Crippen molar-refractivity contribution in [2.24, 2.45) is 0 Å².